The van der Waals surface area contributed by atoms with Crippen molar-refractivity contribution in [2.24, 2.45) is 0 Å². The molecular weight excluding hydrogens is 450 g/mol. The van der Waals surface area contributed by atoms with E-state index in [1.165, 1.54) is 11.3 Å². The topological polar surface area (TPSA) is 74.8 Å². The van der Waals surface area contributed by atoms with E-state index in [1.807, 2.05) is 56.3 Å². The van der Waals surface area contributed by atoms with Crippen molar-refractivity contribution in [2.75, 3.05) is 5.32 Å². The highest BCUT2D eigenvalue weighted by atomic mass is 35.5. The van der Waals surface area contributed by atoms with Gasteiger partial charge in [0.05, 0.1) is 16.0 Å². The zero-order chi connectivity index (χ0) is 22.1. The highest BCUT2D eigenvalue weighted by molar-refractivity contribution is 7.98. The Labute approximate surface area is 192 Å². The molecule has 8 heteroatoms. The molecule has 0 fully saturated rings. The predicted molar refractivity (Wildman–Crippen MR) is 130 cm³/mol. The van der Waals surface area contributed by atoms with Gasteiger partial charge in [-0.05, 0) is 62.2 Å². The maximum atomic E-state index is 12.9. The molecule has 0 spiro atoms. The second-order valence-corrected chi connectivity index (χ2v) is 9.75. The number of thiophene rings is 1. The fourth-order valence-electron chi connectivity index (χ4n) is 3.29. The van der Waals surface area contributed by atoms with Crippen molar-refractivity contribution in [1.82, 2.24) is 9.97 Å². The van der Waals surface area contributed by atoms with Crippen molar-refractivity contribution < 1.29 is 4.79 Å². The van der Waals surface area contributed by atoms with Crippen molar-refractivity contribution in [3.05, 3.63) is 85.2 Å². The van der Waals surface area contributed by atoms with Gasteiger partial charge in [-0.25, -0.2) is 4.98 Å². The predicted octanol–water partition coefficient (Wildman–Crippen LogP) is 6.11. The van der Waals surface area contributed by atoms with Crippen LogP contribution in [0.1, 0.15) is 32.2 Å². The van der Waals surface area contributed by atoms with Gasteiger partial charge in [-0.15, -0.1) is 23.1 Å². The summed E-state index contributed by atoms with van der Waals surface area (Å²) in [7, 11) is 0. The molecule has 2 N–H and O–H groups in total. The van der Waals surface area contributed by atoms with E-state index in [-0.39, 0.29) is 11.5 Å². The zero-order valence-corrected chi connectivity index (χ0v) is 19.6. The Bertz CT molecular complexity index is 1340. The van der Waals surface area contributed by atoms with Crippen molar-refractivity contribution >= 4 is 56.5 Å². The number of rotatable bonds is 5. The second-order valence-electron chi connectivity index (χ2n) is 7.26. The number of halogens is 1. The summed E-state index contributed by atoms with van der Waals surface area (Å²) in [5, 5.41) is 4.10. The van der Waals surface area contributed by atoms with E-state index in [2.05, 4.69) is 15.3 Å². The number of aromatic nitrogens is 2. The van der Waals surface area contributed by atoms with Crippen LogP contribution in [-0.2, 0) is 5.75 Å². The lowest BCUT2D eigenvalue weighted by atomic mass is 10.1. The molecule has 4 rings (SSSR count). The van der Waals surface area contributed by atoms with Crippen molar-refractivity contribution in [2.45, 2.75) is 31.4 Å². The minimum Gasteiger partial charge on any atom is -0.321 e. The van der Waals surface area contributed by atoms with E-state index >= 15 is 0 Å². The number of aryl methyl sites for hydroxylation is 3. The number of fused-ring (bicyclic) bond motifs is 1. The van der Waals surface area contributed by atoms with Crippen LogP contribution in [0, 0.1) is 20.8 Å². The highest BCUT2D eigenvalue weighted by Gasteiger charge is 2.20. The molecule has 0 aliphatic carbocycles. The number of nitrogens with zero attached hydrogens (tertiary/aromatic N) is 1. The number of carbonyl (C=O) groups is 1. The SMILES string of the molecule is Cc1ccc(NC(=O)c2sc3nc(CSc4ccc(Cl)cc4)[nH]c(=O)c3c2C)c(C)c1. The van der Waals surface area contributed by atoms with Gasteiger partial charge in [0.15, 0.2) is 0 Å². The largest absolute Gasteiger partial charge is 0.321 e. The van der Waals surface area contributed by atoms with Crippen LogP contribution >= 0.6 is 34.7 Å². The quantitative estimate of drug-likeness (QED) is 0.346. The van der Waals surface area contributed by atoms with Gasteiger partial charge < -0.3 is 10.3 Å². The maximum Gasteiger partial charge on any atom is 0.266 e. The van der Waals surface area contributed by atoms with Crippen LogP contribution in [0.25, 0.3) is 10.2 Å². The number of amides is 1. The van der Waals surface area contributed by atoms with Crippen LogP contribution < -0.4 is 10.9 Å². The first kappa shape index (κ1) is 21.6. The number of benzene rings is 2. The number of anilines is 1. The molecule has 0 saturated heterocycles. The van der Waals surface area contributed by atoms with Crippen LogP contribution in [0.15, 0.2) is 52.2 Å². The molecule has 4 aromatic rings. The summed E-state index contributed by atoms with van der Waals surface area (Å²) in [5.74, 6) is 0.845. The fourth-order valence-corrected chi connectivity index (χ4v) is 5.28. The third kappa shape index (κ3) is 4.69. The standard InChI is InChI=1S/C23H20ClN3O2S2/c1-12-4-9-17(13(2)10-12)25-22(29)20-14(3)19-21(28)26-18(27-23(19)31-20)11-30-16-7-5-15(24)6-8-16/h4-10H,11H2,1-3H3,(H,25,29)(H,26,27,28). The molecule has 0 aliphatic heterocycles. The van der Waals surface area contributed by atoms with Crippen molar-refractivity contribution in [3.8, 4) is 0 Å². The Kier molecular flexibility index (Phi) is 6.18. The molecule has 0 bridgehead atoms. The van der Waals surface area contributed by atoms with E-state index in [1.54, 1.807) is 18.7 Å². The average molecular weight is 470 g/mol. The number of H-pyrrole nitrogens is 1. The number of carbonyl (C=O) groups excluding carboxylic acids is 1. The minimum atomic E-state index is -0.232. The molecule has 0 radical (unpaired) electrons. The molecule has 2 aromatic carbocycles. The summed E-state index contributed by atoms with van der Waals surface area (Å²) in [5.41, 5.74) is 3.30. The molecule has 0 unspecified atom stereocenters. The number of thioether (sulfide) groups is 1. The van der Waals surface area contributed by atoms with Gasteiger partial charge >= 0.3 is 0 Å². The molecule has 31 heavy (non-hydrogen) atoms. The lowest BCUT2D eigenvalue weighted by Crippen LogP contribution is -2.13. The lowest BCUT2D eigenvalue weighted by molar-refractivity contribution is 0.103. The first-order valence-corrected chi connectivity index (χ1v) is 11.8. The van der Waals surface area contributed by atoms with Crippen LogP contribution in [0.2, 0.25) is 5.02 Å². The summed E-state index contributed by atoms with van der Waals surface area (Å²) in [6, 6.07) is 13.4. The normalized spacial score (nSPS) is 11.1. The number of hydrogen-bond acceptors (Lipinski definition) is 5. The third-order valence-corrected chi connectivity index (χ3v) is 7.33. The van der Waals surface area contributed by atoms with Crippen LogP contribution in [0.4, 0.5) is 5.69 Å². The van der Waals surface area contributed by atoms with Gasteiger partial charge in [0.2, 0.25) is 0 Å². The molecule has 2 aromatic heterocycles. The molecule has 0 saturated carbocycles. The highest BCUT2D eigenvalue weighted by Crippen LogP contribution is 2.29. The van der Waals surface area contributed by atoms with E-state index < -0.39 is 0 Å². The molecule has 0 atom stereocenters. The van der Waals surface area contributed by atoms with Gasteiger partial charge in [0.25, 0.3) is 11.5 Å². The van der Waals surface area contributed by atoms with Crippen LogP contribution in [0.3, 0.4) is 0 Å². The van der Waals surface area contributed by atoms with Gasteiger partial charge in [0.1, 0.15) is 10.7 Å². The van der Waals surface area contributed by atoms with Gasteiger partial charge in [0, 0.05) is 15.6 Å². The minimum absolute atomic E-state index is 0.226. The van der Waals surface area contributed by atoms with E-state index in [0.29, 0.717) is 37.3 Å². The third-order valence-electron chi connectivity index (χ3n) is 4.88. The molecule has 158 valence electrons. The van der Waals surface area contributed by atoms with Gasteiger partial charge in [-0.2, -0.15) is 0 Å². The van der Waals surface area contributed by atoms with Crippen molar-refractivity contribution in [3.63, 3.8) is 0 Å². The average Bonchev–Trinajstić information content (AvgIpc) is 3.06. The van der Waals surface area contributed by atoms with Gasteiger partial charge in [-0.1, -0.05) is 29.3 Å². The summed E-state index contributed by atoms with van der Waals surface area (Å²) >= 11 is 8.72. The monoisotopic (exact) mass is 469 g/mol. The van der Waals surface area contributed by atoms with E-state index in [4.69, 9.17) is 11.6 Å². The summed E-state index contributed by atoms with van der Waals surface area (Å²) < 4.78 is 0. The Morgan fingerprint density at radius 2 is 1.90 bits per heavy atom. The summed E-state index contributed by atoms with van der Waals surface area (Å²) in [4.78, 5) is 35.2. The Morgan fingerprint density at radius 1 is 1.16 bits per heavy atom. The maximum absolute atomic E-state index is 12.9. The smallest absolute Gasteiger partial charge is 0.266 e. The van der Waals surface area contributed by atoms with Gasteiger partial charge in [-0.3, -0.25) is 9.59 Å². The number of aromatic amines is 1. The molecule has 5 nitrogen and oxygen atoms in total. The first-order valence-electron chi connectivity index (χ1n) is 9.61. The lowest BCUT2D eigenvalue weighted by Gasteiger charge is -2.08. The summed E-state index contributed by atoms with van der Waals surface area (Å²) in [6.07, 6.45) is 0. The van der Waals surface area contributed by atoms with E-state index in [9.17, 15) is 9.59 Å². The first-order chi connectivity index (χ1) is 14.8. The Balaban J connectivity index is 1.60. The fraction of sp³-hybridized carbons (Fsp3) is 0.174. The molecule has 2 heterocycles. The second kappa shape index (κ2) is 8.86. The molecule has 1 amide bonds. The molecule has 0 aliphatic rings. The van der Waals surface area contributed by atoms with Crippen LogP contribution in [0.5, 0.6) is 0 Å². The summed E-state index contributed by atoms with van der Waals surface area (Å²) in [6.45, 7) is 5.75. The number of nitrogens with one attached hydrogen (secondary N) is 2. The Hall–Kier alpha value is -2.61. The Morgan fingerprint density at radius 3 is 2.61 bits per heavy atom. The van der Waals surface area contributed by atoms with Crippen molar-refractivity contribution in [1.29, 1.82) is 0 Å². The molecular formula is C23H20ClN3O2S2. The van der Waals surface area contributed by atoms with Crippen LogP contribution in [-0.4, -0.2) is 15.9 Å². The zero-order valence-electron chi connectivity index (χ0n) is 17.2. The number of hydrogen-bond donors (Lipinski definition) is 2. The van der Waals surface area contributed by atoms with E-state index in [0.717, 1.165) is 21.7 Å².